The Balaban J connectivity index is 1.95. The van der Waals surface area contributed by atoms with E-state index in [-0.39, 0.29) is 0 Å². The molecule has 0 nitrogen and oxygen atoms in total. The molecule has 3 unspecified atom stereocenters. The van der Waals surface area contributed by atoms with Gasteiger partial charge in [-0.1, -0.05) is 33.6 Å². The summed E-state index contributed by atoms with van der Waals surface area (Å²) in [5.41, 5.74) is 1.52. The van der Waals surface area contributed by atoms with Gasteiger partial charge in [0.15, 0.2) is 0 Å². The molecule has 3 atom stereocenters. The fourth-order valence-corrected chi connectivity index (χ4v) is 3.44. The van der Waals surface area contributed by atoms with E-state index in [9.17, 15) is 0 Å². The van der Waals surface area contributed by atoms with Crippen LogP contribution in [0.4, 0.5) is 0 Å². The molecule has 0 aliphatic heterocycles. The average molecular weight is 166 g/mol. The zero-order valence-electron chi connectivity index (χ0n) is 8.82. The minimum atomic E-state index is 0.755. The Hall–Kier alpha value is 0. The van der Waals surface area contributed by atoms with Crippen molar-refractivity contribution < 1.29 is 0 Å². The zero-order valence-corrected chi connectivity index (χ0v) is 8.82. The van der Waals surface area contributed by atoms with Gasteiger partial charge in [-0.05, 0) is 42.4 Å². The van der Waals surface area contributed by atoms with Crippen LogP contribution in [0.1, 0.15) is 59.3 Å². The molecule has 0 spiro atoms. The molecular formula is C12H22. The van der Waals surface area contributed by atoms with Crippen LogP contribution in [-0.4, -0.2) is 0 Å². The molecule has 0 heteroatoms. The van der Waals surface area contributed by atoms with Crippen molar-refractivity contribution in [2.75, 3.05) is 0 Å². The first kappa shape index (κ1) is 8.59. The maximum Gasteiger partial charge on any atom is -0.0264 e. The first-order chi connectivity index (χ1) is 5.60. The van der Waals surface area contributed by atoms with E-state index in [1.54, 1.807) is 0 Å². The first-order valence-electron chi connectivity index (χ1n) is 5.60. The molecule has 0 saturated heterocycles. The Morgan fingerprint density at radius 2 is 2.00 bits per heavy atom. The van der Waals surface area contributed by atoms with Crippen molar-refractivity contribution in [3.63, 3.8) is 0 Å². The van der Waals surface area contributed by atoms with E-state index in [0.29, 0.717) is 0 Å². The lowest BCUT2D eigenvalue weighted by molar-refractivity contribution is 0.199. The van der Waals surface area contributed by atoms with Crippen LogP contribution >= 0.6 is 0 Å². The van der Waals surface area contributed by atoms with E-state index in [1.807, 2.05) is 0 Å². The number of fused-ring (bicyclic) bond motifs is 1. The summed E-state index contributed by atoms with van der Waals surface area (Å²) in [4.78, 5) is 0. The lowest BCUT2D eigenvalue weighted by Gasteiger charge is -2.31. The molecule has 0 bridgehead atoms. The average Bonchev–Trinajstić information content (AvgIpc) is 2.53. The smallest absolute Gasteiger partial charge is 0.0264 e. The third-order valence-electron chi connectivity index (χ3n) is 4.65. The van der Waals surface area contributed by atoms with Gasteiger partial charge in [0, 0.05) is 0 Å². The second-order valence-corrected chi connectivity index (χ2v) is 5.70. The minimum absolute atomic E-state index is 0.755. The minimum Gasteiger partial charge on any atom is -0.0654 e. The lowest BCUT2D eigenvalue weighted by Crippen LogP contribution is -2.20. The van der Waals surface area contributed by atoms with Crippen molar-refractivity contribution in [1.29, 1.82) is 0 Å². The highest BCUT2D eigenvalue weighted by atomic mass is 14.7. The van der Waals surface area contributed by atoms with Crippen LogP contribution < -0.4 is 0 Å². The molecule has 2 aliphatic carbocycles. The van der Waals surface area contributed by atoms with E-state index in [2.05, 4.69) is 20.8 Å². The van der Waals surface area contributed by atoms with Gasteiger partial charge >= 0.3 is 0 Å². The van der Waals surface area contributed by atoms with Gasteiger partial charge in [-0.2, -0.15) is 0 Å². The zero-order chi connectivity index (χ0) is 8.82. The quantitative estimate of drug-likeness (QED) is 0.581. The van der Waals surface area contributed by atoms with E-state index < -0.39 is 0 Å². The summed E-state index contributed by atoms with van der Waals surface area (Å²) >= 11 is 0. The van der Waals surface area contributed by atoms with Gasteiger partial charge in [-0.15, -0.1) is 0 Å². The monoisotopic (exact) mass is 166 g/mol. The number of hydrogen-bond donors (Lipinski definition) is 0. The number of rotatable bonds is 2. The Bertz CT molecular complexity index is 184. The molecule has 2 fully saturated rings. The summed E-state index contributed by atoms with van der Waals surface area (Å²) in [6.07, 6.45) is 8.93. The fraction of sp³-hybridized carbons (Fsp3) is 1.00. The third-order valence-corrected chi connectivity index (χ3v) is 4.65. The molecule has 2 rings (SSSR count). The first-order valence-corrected chi connectivity index (χ1v) is 5.60. The van der Waals surface area contributed by atoms with Crippen molar-refractivity contribution in [2.24, 2.45) is 16.7 Å². The predicted octanol–water partition coefficient (Wildman–Crippen LogP) is 4.00. The van der Waals surface area contributed by atoms with Gasteiger partial charge in [0.05, 0.1) is 0 Å². The molecule has 0 N–H and O–H groups in total. The second kappa shape index (κ2) is 2.49. The van der Waals surface area contributed by atoms with Crippen molar-refractivity contribution >= 4 is 0 Å². The molecule has 0 radical (unpaired) electrons. The van der Waals surface area contributed by atoms with Crippen LogP contribution in [0.5, 0.6) is 0 Å². The maximum absolute atomic E-state index is 2.51. The van der Waals surface area contributed by atoms with Crippen molar-refractivity contribution in [2.45, 2.75) is 59.3 Å². The molecule has 0 amide bonds. The Labute approximate surface area is 76.7 Å². The molecule has 12 heavy (non-hydrogen) atoms. The summed E-state index contributed by atoms with van der Waals surface area (Å²) in [5, 5.41) is 0. The highest BCUT2D eigenvalue weighted by Gasteiger charge is 2.62. The van der Waals surface area contributed by atoms with Crippen molar-refractivity contribution in [1.82, 2.24) is 0 Å². The van der Waals surface area contributed by atoms with Crippen LogP contribution in [-0.2, 0) is 0 Å². The van der Waals surface area contributed by atoms with Gasteiger partial charge in [-0.3, -0.25) is 0 Å². The molecule has 0 aromatic carbocycles. The van der Waals surface area contributed by atoms with Gasteiger partial charge in [0.2, 0.25) is 0 Å². The fourth-order valence-electron chi connectivity index (χ4n) is 3.44. The van der Waals surface area contributed by atoms with Crippen LogP contribution in [0, 0.1) is 16.7 Å². The van der Waals surface area contributed by atoms with Gasteiger partial charge < -0.3 is 0 Å². The second-order valence-electron chi connectivity index (χ2n) is 5.70. The van der Waals surface area contributed by atoms with Crippen LogP contribution in [0.2, 0.25) is 0 Å². The highest BCUT2D eigenvalue weighted by molar-refractivity contribution is 5.12. The number of hydrogen-bond acceptors (Lipinski definition) is 0. The van der Waals surface area contributed by atoms with Gasteiger partial charge in [0.25, 0.3) is 0 Å². The van der Waals surface area contributed by atoms with E-state index in [4.69, 9.17) is 0 Å². The Kier molecular flexibility index (Phi) is 1.79. The normalized spacial score (nSPS) is 51.8. The molecule has 2 aliphatic rings. The predicted molar refractivity (Wildman–Crippen MR) is 53.1 cm³/mol. The van der Waals surface area contributed by atoms with Crippen molar-refractivity contribution in [3.05, 3.63) is 0 Å². The van der Waals surface area contributed by atoms with E-state index in [0.717, 1.165) is 16.7 Å². The SMILES string of the molecule is CCCC1CCC2(C)CC2(C)C1. The van der Waals surface area contributed by atoms with Crippen LogP contribution in [0.15, 0.2) is 0 Å². The van der Waals surface area contributed by atoms with Gasteiger partial charge in [-0.25, -0.2) is 0 Å². The molecule has 0 heterocycles. The molecule has 0 aromatic rings. The van der Waals surface area contributed by atoms with Crippen molar-refractivity contribution in [3.8, 4) is 0 Å². The summed E-state index contributed by atoms with van der Waals surface area (Å²) < 4.78 is 0. The summed E-state index contributed by atoms with van der Waals surface area (Å²) in [6, 6.07) is 0. The summed E-state index contributed by atoms with van der Waals surface area (Å²) in [6.45, 7) is 7.33. The summed E-state index contributed by atoms with van der Waals surface area (Å²) in [5.74, 6) is 1.07. The molecule has 2 saturated carbocycles. The maximum atomic E-state index is 2.51. The molecule has 0 aromatic heterocycles. The molecule has 70 valence electrons. The Morgan fingerprint density at radius 3 is 2.58 bits per heavy atom. The van der Waals surface area contributed by atoms with Crippen LogP contribution in [0.25, 0.3) is 0 Å². The third kappa shape index (κ3) is 1.11. The van der Waals surface area contributed by atoms with E-state index >= 15 is 0 Å². The van der Waals surface area contributed by atoms with Crippen LogP contribution in [0.3, 0.4) is 0 Å². The topological polar surface area (TPSA) is 0 Å². The largest absolute Gasteiger partial charge is 0.0654 e. The highest BCUT2D eigenvalue weighted by Crippen LogP contribution is 2.72. The van der Waals surface area contributed by atoms with E-state index in [1.165, 1.54) is 38.5 Å². The Morgan fingerprint density at radius 1 is 1.25 bits per heavy atom. The lowest BCUT2D eigenvalue weighted by atomic mass is 9.74. The van der Waals surface area contributed by atoms with Gasteiger partial charge in [0.1, 0.15) is 0 Å². The standard InChI is InChI=1S/C12H22/c1-4-5-10-6-7-11(2)9-12(11,3)8-10/h10H,4-9H2,1-3H3. The molecular weight excluding hydrogens is 144 g/mol. The summed E-state index contributed by atoms with van der Waals surface area (Å²) in [7, 11) is 0.